The number of hydrogen-bond acceptors (Lipinski definition) is 6. The van der Waals surface area contributed by atoms with Crippen LogP contribution in [0.3, 0.4) is 0 Å². The fourth-order valence-electron chi connectivity index (χ4n) is 2.32. The monoisotopic (exact) mass is 419 g/mol. The summed E-state index contributed by atoms with van der Waals surface area (Å²) in [6, 6.07) is 8.54. The summed E-state index contributed by atoms with van der Waals surface area (Å²) in [5.41, 5.74) is 1.60. The number of hydrogen-bond donors (Lipinski definition) is 2. The molecule has 0 bridgehead atoms. The molecule has 0 aliphatic heterocycles. The molecule has 2 N–H and O–H groups in total. The molecule has 0 unspecified atom stereocenters. The van der Waals surface area contributed by atoms with Gasteiger partial charge < -0.3 is 19.6 Å². The summed E-state index contributed by atoms with van der Waals surface area (Å²) in [6.07, 6.45) is 1.43. The quantitative estimate of drug-likeness (QED) is 0.571. The summed E-state index contributed by atoms with van der Waals surface area (Å²) in [6.45, 7) is 2.09. The van der Waals surface area contributed by atoms with Gasteiger partial charge in [0, 0.05) is 17.8 Å². The molecule has 0 fully saturated rings. The first-order chi connectivity index (χ1) is 13.4. The van der Waals surface area contributed by atoms with Gasteiger partial charge in [-0.05, 0) is 36.8 Å². The lowest BCUT2D eigenvalue weighted by atomic mass is 10.2. The van der Waals surface area contributed by atoms with Crippen molar-refractivity contribution in [2.24, 2.45) is 7.05 Å². The number of thioether (sulfide) groups is 1. The fraction of sp³-hybridized carbons (Fsp3) is 0.222. The van der Waals surface area contributed by atoms with Crippen LogP contribution < -0.4 is 10.6 Å². The Morgan fingerprint density at radius 3 is 2.86 bits per heavy atom. The maximum Gasteiger partial charge on any atom is 0.287 e. The predicted octanol–water partition coefficient (Wildman–Crippen LogP) is 3.03. The Balaban J connectivity index is 1.53. The molecule has 0 atom stereocenters. The average molecular weight is 420 g/mol. The summed E-state index contributed by atoms with van der Waals surface area (Å²) in [7, 11) is 1.77. The molecule has 2 aromatic heterocycles. The average Bonchev–Trinajstić information content (AvgIpc) is 3.32. The van der Waals surface area contributed by atoms with Crippen LogP contribution in [0.4, 0.5) is 5.69 Å². The molecule has 1 aromatic carbocycles. The molecule has 2 amide bonds. The summed E-state index contributed by atoms with van der Waals surface area (Å²) >= 11 is 7.22. The molecule has 0 aliphatic carbocycles. The first kappa shape index (κ1) is 20.0. The first-order valence-corrected chi connectivity index (χ1v) is 9.69. The molecule has 0 saturated heterocycles. The summed E-state index contributed by atoms with van der Waals surface area (Å²) in [5, 5.41) is 14.8. The number of anilines is 1. The minimum atomic E-state index is -0.335. The molecule has 10 heteroatoms. The van der Waals surface area contributed by atoms with Gasteiger partial charge in [0.2, 0.25) is 5.91 Å². The van der Waals surface area contributed by atoms with E-state index in [1.807, 2.05) is 13.0 Å². The van der Waals surface area contributed by atoms with E-state index < -0.39 is 0 Å². The molecule has 0 saturated carbocycles. The lowest BCUT2D eigenvalue weighted by Crippen LogP contribution is -2.24. The normalized spacial score (nSPS) is 10.7. The number of aryl methyl sites for hydroxylation is 1. The zero-order valence-electron chi connectivity index (χ0n) is 15.2. The van der Waals surface area contributed by atoms with Crippen molar-refractivity contribution >= 4 is 40.9 Å². The summed E-state index contributed by atoms with van der Waals surface area (Å²) in [5.74, 6) is 0.444. The lowest BCUT2D eigenvalue weighted by molar-refractivity contribution is -0.113. The standard InChI is InChI=1S/C18H18ClN5O3S/c1-11-5-6-12(19)8-13(11)21-16(25)10-28-18-23-22-15(24(18)2)9-20-17(26)14-4-3-7-27-14/h3-8H,9-10H2,1-2H3,(H,20,26)(H,21,25). The van der Waals surface area contributed by atoms with Crippen LogP contribution >= 0.6 is 23.4 Å². The number of carbonyl (C=O) groups is 2. The minimum absolute atomic E-state index is 0.163. The van der Waals surface area contributed by atoms with E-state index in [4.69, 9.17) is 16.0 Å². The molecule has 0 radical (unpaired) electrons. The maximum absolute atomic E-state index is 12.2. The second-order valence-electron chi connectivity index (χ2n) is 5.91. The number of nitrogens with one attached hydrogen (secondary N) is 2. The van der Waals surface area contributed by atoms with Crippen LogP contribution in [-0.2, 0) is 18.4 Å². The minimum Gasteiger partial charge on any atom is -0.459 e. The van der Waals surface area contributed by atoms with Gasteiger partial charge in [-0.3, -0.25) is 9.59 Å². The third-order valence-corrected chi connectivity index (χ3v) is 5.14. The molecule has 0 spiro atoms. The fourth-order valence-corrected chi connectivity index (χ4v) is 3.23. The van der Waals surface area contributed by atoms with Crippen molar-refractivity contribution in [2.45, 2.75) is 18.6 Å². The lowest BCUT2D eigenvalue weighted by Gasteiger charge is -2.08. The van der Waals surface area contributed by atoms with Crippen LogP contribution in [-0.4, -0.2) is 32.3 Å². The van der Waals surface area contributed by atoms with Crippen molar-refractivity contribution < 1.29 is 14.0 Å². The number of amides is 2. The molecular formula is C18H18ClN5O3S. The summed E-state index contributed by atoms with van der Waals surface area (Å²) < 4.78 is 6.76. The van der Waals surface area contributed by atoms with Gasteiger partial charge in [0.25, 0.3) is 5.91 Å². The van der Waals surface area contributed by atoms with Gasteiger partial charge in [0.1, 0.15) is 0 Å². The number of rotatable bonds is 7. The molecule has 146 valence electrons. The first-order valence-electron chi connectivity index (χ1n) is 8.33. The number of benzene rings is 1. The van der Waals surface area contributed by atoms with E-state index in [0.717, 1.165) is 5.56 Å². The van der Waals surface area contributed by atoms with Crippen molar-refractivity contribution in [3.05, 3.63) is 58.8 Å². The topological polar surface area (TPSA) is 102 Å². The van der Waals surface area contributed by atoms with E-state index in [1.54, 1.807) is 35.9 Å². The Hall–Kier alpha value is -2.78. The van der Waals surface area contributed by atoms with Crippen molar-refractivity contribution in [1.29, 1.82) is 0 Å². The Labute approximate surface area is 170 Å². The van der Waals surface area contributed by atoms with Crippen molar-refractivity contribution in [2.75, 3.05) is 11.1 Å². The van der Waals surface area contributed by atoms with E-state index >= 15 is 0 Å². The molecule has 8 nitrogen and oxygen atoms in total. The van der Waals surface area contributed by atoms with E-state index in [9.17, 15) is 9.59 Å². The smallest absolute Gasteiger partial charge is 0.287 e. The highest BCUT2D eigenvalue weighted by Gasteiger charge is 2.14. The van der Waals surface area contributed by atoms with Crippen LogP contribution in [0, 0.1) is 6.92 Å². The van der Waals surface area contributed by atoms with Gasteiger partial charge in [-0.15, -0.1) is 10.2 Å². The van der Waals surface area contributed by atoms with Gasteiger partial charge in [-0.1, -0.05) is 29.4 Å². The zero-order chi connectivity index (χ0) is 20.1. The van der Waals surface area contributed by atoms with Gasteiger partial charge in [-0.25, -0.2) is 0 Å². The van der Waals surface area contributed by atoms with Crippen LogP contribution in [0.15, 0.2) is 46.2 Å². The maximum atomic E-state index is 12.2. The third kappa shape index (κ3) is 4.93. The van der Waals surface area contributed by atoms with E-state index in [1.165, 1.54) is 18.0 Å². The van der Waals surface area contributed by atoms with Crippen molar-refractivity contribution in [1.82, 2.24) is 20.1 Å². The number of halogens is 1. The van der Waals surface area contributed by atoms with E-state index in [-0.39, 0.29) is 29.9 Å². The molecular weight excluding hydrogens is 402 g/mol. The van der Waals surface area contributed by atoms with Gasteiger partial charge >= 0.3 is 0 Å². The largest absolute Gasteiger partial charge is 0.459 e. The third-order valence-electron chi connectivity index (χ3n) is 3.88. The Kier molecular flexibility index (Phi) is 6.37. The van der Waals surface area contributed by atoms with Crippen LogP contribution in [0.5, 0.6) is 0 Å². The van der Waals surface area contributed by atoms with Crippen LogP contribution in [0.25, 0.3) is 0 Å². The molecule has 0 aliphatic rings. The second-order valence-corrected chi connectivity index (χ2v) is 7.29. The SMILES string of the molecule is Cc1ccc(Cl)cc1NC(=O)CSc1nnc(CNC(=O)c2ccco2)n1C. The van der Waals surface area contributed by atoms with Crippen LogP contribution in [0.1, 0.15) is 21.9 Å². The number of furan rings is 1. The van der Waals surface area contributed by atoms with Crippen molar-refractivity contribution in [3.8, 4) is 0 Å². The van der Waals surface area contributed by atoms with Crippen LogP contribution in [0.2, 0.25) is 5.02 Å². The summed E-state index contributed by atoms with van der Waals surface area (Å²) in [4.78, 5) is 24.1. The highest BCUT2D eigenvalue weighted by atomic mass is 35.5. The Morgan fingerprint density at radius 2 is 2.11 bits per heavy atom. The molecule has 3 aromatic rings. The highest BCUT2D eigenvalue weighted by Crippen LogP contribution is 2.21. The number of carbonyl (C=O) groups excluding carboxylic acids is 2. The molecule has 28 heavy (non-hydrogen) atoms. The number of nitrogens with zero attached hydrogens (tertiary/aromatic N) is 3. The van der Waals surface area contributed by atoms with Crippen molar-refractivity contribution in [3.63, 3.8) is 0 Å². The van der Waals surface area contributed by atoms with Gasteiger partial charge in [-0.2, -0.15) is 0 Å². The zero-order valence-corrected chi connectivity index (χ0v) is 16.8. The molecule has 3 rings (SSSR count). The second kappa shape index (κ2) is 8.94. The van der Waals surface area contributed by atoms with E-state index in [0.29, 0.717) is 21.7 Å². The number of aromatic nitrogens is 3. The predicted molar refractivity (Wildman–Crippen MR) is 106 cm³/mol. The highest BCUT2D eigenvalue weighted by molar-refractivity contribution is 7.99. The Morgan fingerprint density at radius 1 is 1.29 bits per heavy atom. The van der Waals surface area contributed by atoms with E-state index in [2.05, 4.69) is 20.8 Å². The van der Waals surface area contributed by atoms with Gasteiger partial charge in [0.15, 0.2) is 16.7 Å². The van der Waals surface area contributed by atoms with Gasteiger partial charge in [0.05, 0.1) is 18.6 Å². The Bertz CT molecular complexity index is 987. The molecule has 2 heterocycles.